The van der Waals surface area contributed by atoms with E-state index < -0.39 is 0 Å². The van der Waals surface area contributed by atoms with Crippen LogP contribution in [-0.2, 0) is 0 Å². The zero-order chi connectivity index (χ0) is 17.9. The smallest absolute Gasteiger partial charge is 0.131 e. The fourth-order valence-electron chi connectivity index (χ4n) is 3.02. The first kappa shape index (κ1) is 17.8. The van der Waals surface area contributed by atoms with Gasteiger partial charge in [-0.15, -0.1) is 22.7 Å². The molecule has 0 aliphatic rings. The Morgan fingerprint density at radius 3 is 2.46 bits per heavy atom. The lowest BCUT2D eigenvalue weighted by Crippen LogP contribution is -2.24. The zero-order valence-electron chi connectivity index (χ0n) is 15.1. The quantitative estimate of drug-likeness (QED) is 0.340. The molecular weight excluding hydrogens is 380 g/mol. The number of thiophene rings is 2. The highest BCUT2D eigenvalue weighted by Crippen LogP contribution is 2.42. The Morgan fingerprint density at radius 1 is 0.962 bits per heavy atom. The largest absolute Gasteiger partial charge is 0.363 e. The van der Waals surface area contributed by atoms with E-state index in [9.17, 15) is 0 Å². The summed E-state index contributed by atoms with van der Waals surface area (Å²) in [6.45, 7) is 6.83. The van der Waals surface area contributed by atoms with E-state index in [1.54, 1.807) is 0 Å². The lowest BCUT2D eigenvalue weighted by Gasteiger charge is -2.22. The van der Waals surface area contributed by atoms with Crippen molar-refractivity contribution in [3.63, 3.8) is 0 Å². The van der Waals surface area contributed by atoms with Crippen LogP contribution in [0.3, 0.4) is 0 Å². The molecule has 0 spiro atoms. The summed E-state index contributed by atoms with van der Waals surface area (Å²) in [7, 11) is 0. The van der Waals surface area contributed by atoms with E-state index in [1.807, 2.05) is 34.9 Å². The first-order chi connectivity index (χ1) is 12.8. The summed E-state index contributed by atoms with van der Waals surface area (Å²) in [5.74, 6) is 0. The predicted octanol–water partition coefficient (Wildman–Crippen LogP) is 6.44. The van der Waals surface area contributed by atoms with Gasteiger partial charge in [0.15, 0.2) is 0 Å². The predicted molar refractivity (Wildman–Crippen MR) is 116 cm³/mol. The summed E-state index contributed by atoms with van der Waals surface area (Å²) in [5, 5.41) is 1.40. The van der Waals surface area contributed by atoms with Crippen LogP contribution in [0.4, 0.5) is 5.00 Å². The summed E-state index contributed by atoms with van der Waals surface area (Å²) in [5.41, 5.74) is 2.81. The number of aromatic nitrogens is 3. The van der Waals surface area contributed by atoms with E-state index in [0.29, 0.717) is 0 Å². The number of anilines is 1. The number of fused-ring (bicyclic) bond motifs is 2. The van der Waals surface area contributed by atoms with E-state index >= 15 is 0 Å². The van der Waals surface area contributed by atoms with Crippen LogP contribution in [-0.4, -0.2) is 26.8 Å². The Bertz CT molecular complexity index is 961. The maximum atomic E-state index is 4.57. The zero-order valence-corrected chi connectivity index (χ0v) is 17.5. The summed E-state index contributed by atoms with van der Waals surface area (Å²) >= 11 is 4.97. The molecule has 4 rings (SSSR count). The molecule has 4 aromatic heterocycles. The van der Waals surface area contributed by atoms with E-state index in [4.69, 9.17) is 0 Å². The van der Waals surface area contributed by atoms with Gasteiger partial charge in [-0.05, 0) is 31.0 Å². The highest BCUT2D eigenvalue weighted by molar-refractivity contribution is 7.31. The molecule has 4 heterocycles. The van der Waals surface area contributed by atoms with Crippen LogP contribution in [0.1, 0.15) is 39.5 Å². The van der Waals surface area contributed by atoms with Crippen molar-refractivity contribution < 1.29 is 0 Å². The van der Waals surface area contributed by atoms with E-state index in [2.05, 4.69) is 44.6 Å². The highest BCUT2D eigenvalue weighted by atomic mass is 32.1. The highest BCUT2D eigenvalue weighted by Gasteiger charge is 2.16. The number of rotatable bonds is 8. The molecule has 0 radical (unpaired) electrons. The summed E-state index contributed by atoms with van der Waals surface area (Å²) in [6.07, 6.45) is 6.82. The summed E-state index contributed by atoms with van der Waals surface area (Å²) in [6, 6.07) is 6.56. The van der Waals surface area contributed by atoms with Crippen molar-refractivity contribution in [3.05, 3.63) is 24.4 Å². The van der Waals surface area contributed by atoms with Crippen LogP contribution < -0.4 is 4.90 Å². The normalized spacial score (nSPS) is 11.6. The average Bonchev–Trinajstić information content (AvgIpc) is 3.35. The lowest BCUT2D eigenvalue weighted by atomic mass is 10.2. The topological polar surface area (TPSA) is 41.9 Å². The monoisotopic (exact) mass is 402 g/mol. The van der Waals surface area contributed by atoms with Gasteiger partial charge in [-0.25, -0.2) is 0 Å². The average molecular weight is 403 g/mol. The minimum absolute atomic E-state index is 0.916. The van der Waals surface area contributed by atoms with Gasteiger partial charge in [0, 0.05) is 28.7 Å². The summed E-state index contributed by atoms with van der Waals surface area (Å²) < 4.78 is 11.5. The molecular formula is C19H22N4S3. The molecule has 0 atom stereocenters. The maximum absolute atomic E-state index is 4.57. The van der Waals surface area contributed by atoms with Gasteiger partial charge in [0.1, 0.15) is 16.7 Å². The summed E-state index contributed by atoms with van der Waals surface area (Å²) in [4.78, 5) is 8.32. The van der Waals surface area contributed by atoms with Crippen molar-refractivity contribution in [2.75, 3.05) is 18.0 Å². The van der Waals surface area contributed by atoms with Gasteiger partial charge in [-0.3, -0.25) is 4.98 Å². The molecule has 0 aliphatic heterocycles. The third-order valence-electron chi connectivity index (χ3n) is 4.48. The Morgan fingerprint density at radius 2 is 1.73 bits per heavy atom. The molecule has 136 valence electrons. The van der Waals surface area contributed by atoms with Gasteiger partial charge in [0.05, 0.1) is 21.6 Å². The first-order valence-electron chi connectivity index (χ1n) is 9.16. The molecule has 0 amide bonds. The van der Waals surface area contributed by atoms with Gasteiger partial charge in [-0.2, -0.15) is 8.75 Å². The first-order valence-corrected chi connectivity index (χ1v) is 11.5. The van der Waals surface area contributed by atoms with Crippen molar-refractivity contribution in [1.29, 1.82) is 0 Å². The second kappa shape index (κ2) is 7.98. The SMILES string of the molecule is CCCCN(CCCC)c1cc2sc(-c3nccc4nsnc34)cc2s1. The van der Waals surface area contributed by atoms with Crippen LogP contribution in [0, 0.1) is 0 Å². The Kier molecular flexibility index (Phi) is 5.47. The van der Waals surface area contributed by atoms with E-state index in [-0.39, 0.29) is 0 Å². The van der Waals surface area contributed by atoms with Gasteiger partial charge >= 0.3 is 0 Å². The third kappa shape index (κ3) is 3.48. The fourth-order valence-corrected chi connectivity index (χ4v) is 6.00. The number of pyridine rings is 1. The maximum Gasteiger partial charge on any atom is 0.131 e. The number of hydrogen-bond donors (Lipinski definition) is 0. The van der Waals surface area contributed by atoms with Crippen molar-refractivity contribution in [2.45, 2.75) is 39.5 Å². The second-order valence-corrected chi connectivity index (χ2v) is 9.08. The van der Waals surface area contributed by atoms with Crippen molar-refractivity contribution in [3.8, 4) is 10.6 Å². The van der Waals surface area contributed by atoms with E-state index in [1.165, 1.54) is 56.7 Å². The van der Waals surface area contributed by atoms with Crippen molar-refractivity contribution in [2.24, 2.45) is 0 Å². The van der Waals surface area contributed by atoms with Gasteiger partial charge in [-0.1, -0.05) is 26.7 Å². The molecule has 4 aromatic rings. The number of unbranched alkanes of at least 4 members (excludes halogenated alkanes) is 2. The molecule has 0 aromatic carbocycles. The Hall–Kier alpha value is -1.57. The number of hydrogen-bond acceptors (Lipinski definition) is 7. The molecule has 0 unspecified atom stereocenters. The minimum Gasteiger partial charge on any atom is -0.363 e. The second-order valence-electron chi connectivity index (χ2n) is 6.41. The molecule has 4 nitrogen and oxygen atoms in total. The molecule has 0 N–H and O–H groups in total. The van der Waals surface area contributed by atoms with E-state index in [0.717, 1.165) is 29.8 Å². The van der Waals surface area contributed by atoms with Crippen molar-refractivity contribution >= 4 is 59.8 Å². The van der Waals surface area contributed by atoms with Crippen LogP contribution >= 0.6 is 34.4 Å². The third-order valence-corrected chi connectivity index (χ3v) is 7.38. The minimum atomic E-state index is 0.916. The van der Waals surface area contributed by atoms with Gasteiger partial charge < -0.3 is 4.90 Å². The molecule has 0 saturated heterocycles. The molecule has 0 aliphatic carbocycles. The van der Waals surface area contributed by atoms with Gasteiger partial charge in [0.25, 0.3) is 0 Å². The fraction of sp³-hybridized carbons (Fsp3) is 0.421. The molecule has 0 fully saturated rings. The molecule has 7 heteroatoms. The molecule has 0 bridgehead atoms. The van der Waals surface area contributed by atoms with Crippen LogP contribution in [0.2, 0.25) is 0 Å². The number of nitrogens with zero attached hydrogens (tertiary/aromatic N) is 4. The van der Waals surface area contributed by atoms with Gasteiger partial charge in [0.2, 0.25) is 0 Å². The molecule has 26 heavy (non-hydrogen) atoms. The lowest BCUT2D eigenvalue weighted by molar-refractivity contribution is 0.682. The Balaban J connectivity index is 1.65. The van der Waals surface area contributed by atoms with Crippen LogP contribution in [0.25, 0.3) is 31.0 Å². The molecule has 0 saturated carbocycles. The van der Waals surface area contributed by atoms with Crippen molar-refractivity contribution in [1.82, 2.24) is 13.7 Å². The van der Waals surface area contributed by atoms with Crippen LogP contribution in [0.5, 0.6) is 0 Å². The standard InChI is InChI=1S/C19H22N4S3/c1-3-5-9-23(10-6-4-2)17-12-15-14(25-17)11-16(24-15)19-18-13(7-8-20-19)21-26-22-18/h7-8,11-12H,3-6,9-10H2,1-2H3. The van der Waals surface area contributed by atoms with Crippen LogP contribution in [0.15, 0.2) is 24.4 Å². The Labute approximate surface area is 165 Å².